The Bertz CT molecular complexity index is 2370. The van der Waals surface area contributed by atoms with Crippen LogP contribution in [0.15, 0.2) is 60.8 Å². The molecule has 2 aromatic carbocycles. The third-order valence-electron chi connectivity index (χ3n) is 10.5. The van der Waals surface area contributed by atoms with E-state index in [1.165, 1.54) is 26.3 Å². The third-order valence-corrected chi connectivity index (χ3v) is 12.9. The van der Waals surface area contributed by atoms with Gasteiger partial charge in [-0.2, -0.15) is 0 Å². The van der Waals surface area contributed by atoms with E-state index in [1.54, 1.807) is 27.6 Å². The molecule has 0 saturated carbocycles. The van der Waals surface area contributed by atoms with Gasteiger partial charge in [0.2, 0.25) is 5.91 Å². The molecule has 14 heteroatoms. The molecule has 8 rings (SSSR count). The van der Waals surface area contributed by atoms with E-state index >= 15 is 0 Å². The Kier molecular flexibility index (Phi) is 10.1. The summed E-state index contributed by atoms with van der Waals surface area (Å²) in [6, 6.07) is 18.3. The van der Waals surface area contributed by atoms with Crippen LogP contribution in [0, 0.1) is 5.92 Å². The number of methoxy groups -OCH3 is 1. The molecule has 4 aromatic heterocycles. The molecule has 12 nitrogen and oxygen atoms in total. The summed E-state index contributed by atoms with van der Waals surface area (Å²) in [6.07, 6.45) is 4.42. The van der Waals surface area contributed by atoms with Crippen molar-refractivity contribution in [1.82, 2.24) is 35.1 Å². The number of carbonyl (C=O) groups excluding carboxylic acids is 3. The van der Waals surface area contributed by atoms with Gasteiger partial charge in [0.15, 0.2) is 0 Å². The molecule has 3 N–H and O–H groups in total. The van der Waals surface area contributed by atoms with Crippen molar-refractivity contribution in [3.63, 3.8) is 0 Å². The first kappa shape index (κ1) is 37.7. The van der Waals surface area contributed by atoms with Gasteiger partial charge in [-0.3, -0.25) is 9.69 Å². The summed E-state index contributed by atoms with van der Waals surface area (Å²) >= 11 is 3.56. The molecule has 6 heterocycles. The van der Waals surface area contributed by atoms with Crippen LogP contribution in [-0.4, -0.2) is 79.7 Å². The van der Waals surface area contributed by atoms with E-state index in [-0.39, 0.29) is 30.0 Å². The van der Waals surface area contributed by atoms with E-state index in [2.05, 4.69) is 69.9 Å². The molecule has 1 unspecified atom stereocenters. The van der Waals surface area contributed by atoms with Crippen LogP contribution < -0.4 is 5.32 Å². The number of benzene rings is 2. The lowest BCUT2D eigenvalue weighted by Gasteiger charge is -2.29. The predicted octanol–water partition coefficient (Wildman–Crippen LogP) is 9.68. The fourth-order valence-corrected chi connectivity index (χ4v) is 10.1. The molecular weight excluding hydrogens is 747 g/mol. The summed E-state index contributed by atoms with van der Waals surface area (Å²) in [5.74, 6) is 1.33. The minimum Gasteiger partial charge on any atom is -0.453 e. The summed E-state index contributed by atoms with van der Waals surface area (Å²) in [5, 5.41) is 2.71. The number of hydrogen-bond acceptors (Lipinski definition) is 9. The fraction of sp³-hybridized carbons (Fsp3) is 0.405. The van der Waals surface area contributed by atoms with E-state index in [1.807, 2.05) is 45.7 Å². The van der Waals surface area contributed by atoms with Crippen molar-refractivity contribution in [1.29, 1.82) is 0 Å². The lowest BCUT2D eigenvalue weighted by molar-refractivity contribution is -0.135. The number of amides is 3. The molecule has 3 atom stereocenters. The molecule has 6 aromatic rings. The molecule has 292 valence electrons. The number of aromatic amines is 2. The Labute approximate surface area is 333 Å². The van der Waals surface area contributed by atoms with Crippen molar-refractivity contribution in [2.75, 3.05) is 20.2 Å². The highest BCUT2D eigenvalue weighted by Gasteiger charge is 2.38. The summed E-state index contributed by atoms with van der Waals surface area (Å²) in [7, 11) is 1.30. The number of imidazole rings is 2. The summed E-state index contributed by atoms with van der Waals surface area (Å²) in [5.41, 5.74) is 5.37. The minimum absolute atomic E-state index is 0.0925. The van der Waals surface area contributed by atoms with Crippen molar-refractivity contribution < 1.29 is 23.9 Å². The highest BCUT2D eigenvalue weighted by molar-refractivity contribution is 7.31. The second-order valence-electron chi connectivity index (χ2n) is 15.9. The molecule has 3 amide bonds. The van der Waals surface area contributed by atoms with Gasteiger partial charge in [0, 0.05) is 44.0 Å². The second-order valence-corrected chi connectivity index (χ2v) is 18.1. The molecular formula is C42H47N7O5S2. The largest absolute Gasteiger partial charge is 0.453 e. The molecule has 0 aliphatic carbocycles. The molecule has 2 saturated heterocycles. The number of carbonyl (C=O) groups is 3. The monoisotopic (exact) mass is 793 g/mol. The number of alkyl carbamates (subject to hydrolysis) is 1. The van der Waals surface area contributed by atoms with Crippen molar-refractivity contribution in [3.05, 3.63) is 72.4 Å². The summed E-state index contributed by atoms with van der Waals surface area (Å²) in [6.45, 7) is 10.8. The predicted molar refractivity (Wildman–Crippen MR) is 221 cm³/mol. The molecule has 2 aliphatic rings. The van der Waals surface area contributed by atoms with Crippen molar-refractivity contribution in [3.8, 4) is 32.1 Å². The fourth-order valence-electron chi connectivity index (χ4n) is 7.70. The number of ether oxygens (including phenoxy) is 2. The molecule has 56 heavy (non-hydrogen) atoms. The van der Waals surface area contributed by atoms with Crippen LogP contribution in [0.2, 0.25) is 0 Å². The first-order chi connectivity index (χ1) is 26.8. The summed E-state index contributed by atoms with van der Waals surface area (Å²) < 4.78 is 12.9. The standard InChI is InChI=1S/C42H47N7O5S2/c1-23(2)36(47-40(51)53-6)39(50)48-17-7-9-30(48)37-43-22-29(46-37)24-11-13-25(14-12-24)32-20-34-35(55-32)21-33(56-34)26-15-16-27-28(19-26)45-38(44-27)31-10-8-18-49(31)41(52)54-42(3,4)5/h11-16,19-23,30-31,36H,7-10,17-18H2,1-6H3,(H,43,46)(H,44,45)(H,47,51)/t30?,31-,36-/m0/s1. The quantitative estimate of drug-likeness (QED) is 0.139. The van der Waals surface area contributed by atoms with E-state index in [0.717, 1.165) is 70.7 Å². The lowest BCUT2D eigenvalue weighted by atomic mass is 10.0. The van der Waals surface area contributed by atoms with Crippen LogP contribution >= 0.6 is 22.7 Å². The van der Waals surface area contributed by atoms with Gasteiger partial charge in [-0.25, -0.2) is 19.6 Å². The smallest absolute Gasteiger partial charge is 0.410 e. The highest BCUT2D eigenvalue weighted by atomic mass is 32.1. The number of aromatic nitrogens is 4. The van der Waals surface area contributed by atoms with Crippen LogP contribution in [-0.2, 0) is 14.3 Å². The van der Waals surface area contributed by atoms with Crippen molar-refractivity contribution in [2.24, 2.45) is 5.92 Å². The highest BCUT2D eigenvalue weighted by Crippen LogP contribution is 2.43. The number of likely N-dealkylation sites (tertiary alicyclic amines) is 2. The maximum absolute atomic E-state index is 13.6. The van der Waals surface area contributed by atoms with Crippen LogP contribution in [0.4, 0.5) is 9.59 Å². The van der Waals surface area contributed by atoms with Crippen LogP contribution in [0.1, 0.15) is 84.0 Å². The number of thiophene rings is 2. The Morgan fingerprint density at radius 1 is 0.839 bits per heavy atom. The van der Waals surface area contributed by atoms with Gasteiger partial charge in [-0.15, -0.1) is 22.7 Å². The topological polar surface area (TPSA) is 146 Å². The third kappa shape index (κ3) is 7.51. The first-order valence-electron chi connectivity index (χ1n) is 19.2. The number of hydrogen-bond donors (Lipinski definition) is 3. The zero-order valence-corrected chi connectivity index (χ0v) is 34.1. The number of nitrogens with zero attached hydrogens (tertiary/aromatic N) is 4. The van der Waals surface area contributed by atoms with E-state index in [4.69, 9.17) is 19.4 Å². The van der Waals surface area contributed by atoms with Gasteiger partial charge >= 0.3 is 12.2 Å². The van der Waals surface area contributed by atoms with Crippen molar-refractivity contribution in [2.45, 2.75) is 84.0 Å². The molecule has 2 aliphatic heterocycles. The van der Waals surface area contributed by atoms with E-state index in [0.29, 0.717) is 13.1 Å². The van der Waals surface area contributed by atoms with Gasteiger partial charge in [-0.1, -0.05) is 44.2 Å². The maximum Gasteiger partial charge on any atom is 0.410 e. The molecule has 0 radical (unpaired) electrons. The second kappa shape index (κ2) is 15.0. The Morgan fingerprint density at radius 3 is 2.12 bits per heavy atom. The number of H-pyrrole nitrogens is 2. The Hall–Kier alpha value is -5.21. The molecule has 0 bridgehead atoms. The van der Waals surface area contributed by atoms with Crippen molar-refractivity contribution >= 4 is 61.2 Å². The van der Waals surface area contributed by atoms with Gasteiger partial charge in [0.1, 0.15) is 23.3 Å². The van der Waals surface area contributed by atoms with E-state index in [9.17, 15) is 14.4 Å². The van der Waals surface area contributed by atoms with Gasteiger partial charge < -0.3 is 29.7 Å². The minimum atomic E-state index is -0.674. The van der Waals surface area contributed by atoms with Crippen LogP contribution in [0.5, 0.6) is 0 Å². The van der Waals surface area contributed by atoms with Crippen LogP contribution in [0.25, 0.3) is 52.6 Å². The van der Waals surface area contributed by atoms with Gasteiger partial charge in [0.25, 0.3) is 0 Å². The molecule has 0 spiro atoms. The van der Waals surface area contributed by atoms with Gasteiger partial charge in [0.05, 0.1) is 35.9 Å². The molecule has 2 fully saturated rings. The maximum atomic E-state index is 13.6. The average Bonchev–Trinajstić information content (AvgIpc) is 4.01. The van der Waals surface area contributed by atoms with Gasteiger partial charge in [-0.05, 0) is 87.8 Å². The zero-order chi connectivity index (χ0) is 39.3. The Morgan fingerprint density at radius 2 is 1.46 bits per heavy atom. The number of fused-ring (bicyclic) bond motifs is 2. The summed E-state index contributed by atoms with van der Waals surface area (Å²) in [4.78, 5) is 61.1. The van der Waals surface area contributed by atoms with Crippen LogP contribution in [0.3, 0.4) is 0 Å². The lowest BCUT2D eigenvalue weighted by Crippen LogP contribution is -2.51. The number of nitrogens with one attached hydrogen (secondary N) is 3. The SMILES string of the molecule is COC(=O)N[C@H](C(=O)N1CCCC1c1nc(-c2ccc(-c3cc4sc(-c5ccc6nc([C@@H]7CCCN7C(=O)OC(C)(C)C)[nH]c6c5)cc4s3)cc2)c[nH]1)C(C)C. The zero-order valence-electron chi connectivity index (χ0n) is 32.5. The first-order valence-corrected chi connectivity index (χ1v) is 20.8. The average molecular weight is 794 g/mol. The normalized spacial score (nSPS) is 18.0. The number of rotatable bonds is 8. The Balaban J connectivity index is 0.948. The van der Waals surface area contributed by atoms with E-state index < -0.39 is 17.7 Å².